The summed E-state index contributed by atoms with van der Waals surface area (Å²) in [5, 5.41) is 10.9. The molecule has 88 valence electrons. The predicted molar refractivity (Wildman–Crippen MR) is 64.5 cm³/mol. The lowest BCUT2D eigenvalue weighted by atomic mass is 10.1. The van der Waals surface area contributed by atoms with Gasteiger partial charge in [-0.2, -0.15) is 0 Å². The number of hydrogen-bond acceptors (Lipinski definition) is 3. The Labute approximate surface area is 98.5 Å². The molecule has 0 saturated carbocycles. The predicted octanol–water partition coefficient (Wildman–Crippen LogP) is 1.94. The van der Waals surface area contributed by atoms with Gasteiger partial charge in [-0.05, 0) is 23.9 Å². The Bertz CT molecular complexity index is 553. The molecule has 1 fully saturated rings. The third-order valence-corrected chi connectivity index (χ3v) is 3.18. The summed E-state index contributed by atoms with van der Waals surface area (Å²) in [5.74, 6) is 0.379. The van der Waals surface area contributed by atoms with Crippen molar-refractivity contribution in [1.29, 1.82) is 0 Å². The van der Waals surface area contributed by atoms with E-state index in [-0.39, 0.29) is 11.9 Å². The van der Waals surface area contributed by atoms with Crippen molar-refractivity contribution in [3.8, 4) is 0 Å². The van der Waals surface area contributed by atoms with E-state index >= 15 is 0 Å². The monoisotopic (exact) mass is 232 g/mol. The Kier molecular flexibility index (Phi) is 2.44. The van der Waals surface area contributed by atoms with Gasteiger partial charge < -0.3 is 10.0 Å². The van der Waals surface area contributed by atoms with Crippen molar-refractivity contribution in [2.24, 2.45) is 0 Å². The SMILES string of the molecule is O[C@@H]1CCN(c2nccc3cccc(F)c23)C1. The normalized spacial score (nSPS) is 20.1. The Morgan fingerprint density at radius 3 is 3.00 bits per heavy atom. The van der Waals surface area contributed by atoms with Gasteiger partial charge in [0.05, 0.1) is 11.5 Å². The van der Waals surface area contributed by atoms with E-state index in [2.05, 4.69) is 4.98 Å². The summed E-state index contributed by atoms with van der Waals surface area (Å²) < 4.78 is 13.9. The van der Waals surface area contributed by atoms with Gasteiger partial charge in [0.1, 0.15) is 11.6 Å². The minimum absolute atomic E-state index is 0.257. The first-order valence-corrected chi connectivity index (χ1v) is 5.72. The van der Waals surface area contributed by atoms with Gasteiger partial charge in [0, 0.05) is 19.3 Å². The molecule has 1 aromatic carbocycles. The van der Waals surface area contributed by atoms with E-state index in [9.17, 15) is 9.50 Å². The van der Waals surface area contributed by atoms with Gasteiger partial charge in [0.25, 0.3) is 0 Å². The van der Waals surface area contributed by atoms with Crippen LogP contribution in [-0.4, -0.2) is 29.3 Å². The first kappa shape index (κ1) is 10.5. The molecule has 1 aromatic heterocycles. The summed E-state index contributed by atoms with van der Waals surface area (Å²) in [6, 6.07) is 6.81. The Morgan fingerprint density at radius 1 is 1.35 bits per heavy atom. The molecule has 0 spiro atoms. The topological polar surface area (TPSA) is 36.4 Å². The first-order valence-electron chi connectivity index (χ1n) is 5.72. The molecule has 1 aliphatic rings. The zero-order valence-corrected chi connectivity index (χ0v) is 9.31. The number of nitrogens with zero attached hydrogens (tertiary/aromatic N) is 2. The fraction of sp³-hybridized carbons (Fsp3) is 0.308. The number of rotatable bonds is 1. The van der Waals surface area contributed by atoms with Crippen LogP contribution in [0, 0.1) is 5.82 Å². The molecule has 1 atom stereocenters. The second-order valence-electron chi connectivity index (χ2n) is 4.36. The second kappa shape index (κ2) is 3.96. The molecule has 17 heavy (non-hydrogen) atoms. The van der Waals surface area contributed by atoms with Crippen LogP contribution in [-0.2, 0) is 0 Å². The van der Waals surface area contributed by atoms with E-state index in [1.165, 1.54) is 6.07 Å². The maximum Gasteiger partial charge on any atom is 0.139 e. The van der Waals surface area contributed by atoms with Crippen molar-refractivity contribution < 1.29 is 9.50 Å². The van der Waals surface area contributed by atoms with Crippen LogP contribution in [0.2, 0.25) is 0 Å². The molecule has 1 saturated heterocycles. The van der Waals surface area contributed by atoms with Crippen LogP contribution in [0.5, 0.6) is 0 Å². The quantitative estimate of drug-likeness (QED) is 0.816. The van der Waals surface area contributed by atoms with E-state index in [4.69, 9.17) is 0 Å². The number of pyridine rings is 1. The number of anilines is 1. The summed E-state index contributed by atoms with van der Waals surface area (Å²) in [4.78, 5) is 6.20. The number of aliphatic hydroxyl groups is 1. The van der Waals surface area contributed by atoms with Crippen LogP contribution in [0.15, 0.2) is 30.5 Å². The number of halogens is 1. The lowest BCUT2D eigenvalue weighted by molar-refractivity contribution is 0.198. The molecule has 1 aliphatic heterocycles. The van der Waals surface area contributed by atoms with Gasteiger partial charge in [0.2, 0.25) is 0 Å². The molecular formula is C13H13FN2O. The van der Waals surface area contributed by atoms with E-state index in [1.807, 2.05) is 11.0 Å². The van der Waals surface area contributed by atoms with Crippen molar-refractivity contribution in [2.45, 2.75) is 12.5 Å². The zero-order chi connectivity index (χ0) is 11.8. The second-order valence-corrected chi connectivity index (χ2v) is 4.36. The molecule has 0 aliphatic carbocycles. The molecule has 2 heterocycles. The van der Waals surface area contributed by atoms with E-state index in [0.29, 0.717) is 24.2 Å². The Hall–Kier alpha value is -1.68. The number of benzene rings is 1. The third-order valence-electron chi connectivity index (χ3n) is 3.18. The van der Waals surface area contributed by atoms with E-state index in [0.717, 1.165) is 11.9 Å². The minimum Gasteiger partial charge on any atom is -0.391 e. The molecule has 3 nitrogen and oxygen atoms in total. The van der Waals surface area contributed by atoms with Gasteiger partial charge in [0.15, 0.2) is 0 Å². The summed E-state index contributed by atoms with van der Waals surface area (Å²) in [7, 11) is 0. The van der Waals surface area contributed by atoms with Gasteiger partial charge in [-0.25, -0.2) is 9.37 Å². The van der Waals surface area contributed by atoms with Crippen molar-refractivity contribution in [1.82, 2.24) is 4.98 Å². The first-order chi connectivity index (χ1) is 8.25. The number of fused-ring (bicyclic) bond motifs is 1. The molecular weight excluding hydrogens is 219 g/mol. The van der Waals surface area contributed by atoms with Crippen LogP contribution in [0.3, 0.4) is 0 Å². The van der Waals surface area contributed by atoms with Crippen LogP contribution < -0.4 is 4.90 Å². The summed E-state index contributed by atoms with van der Waals surface area (Å²) >= 11 is 0. The fourth-order valence-corrected chi connectivity index (χ4v) is 2.34. The van der Waals surface area contributed by atoms with Crippen LogP contribution in [0.4, 0.5) is 10.2 Å². The lowest BCUT2D eigenvalue weighted by Crippen LogP contribution is -2.22. The van der Waals surface area contributed by atoms with E-state index < -0.39 is 0 Å². The smallest absolute Gasteiger partial charge is 0.139 e. The maximum atomic E-state index is 13.9. The Balaban J connectivity index is 2.16. The number of aromatic nitrogens is 1. The molecule has 3 rings (SSSR count). The van der Waals surface area contributed by atoms with Crippen molar-refractivity contribution >= 4 is 16.6 Å². The van der Waals surface area contributed by atoms with Gasteiger partial charge in [-0.1, -0.05) is 12.1 Å². The summed E-state index contributed by atoms with van der Waals surface area (Å²) in [6.45, 7) is 1.25. The maximum absolute atomic E-state index is 13.9. The lowest BCUT2D eigenvalue weighted by Gasteiger charge is -2.18. The number of hydrogen-bond donors (Lipinski definition) is 1. The highest BCUT2D eigenvalue weighted by Gasteiger charge is 2.23. The highest BCUT2D eigenvalue weighted by atomic mass is 19.1. The third kappa shape index (κ3) is 1.74. The van der Waals surface area contributed by atoms with Gasteiger partial charge in [-0.3, -0.25) is 0 Å². The number of aliphatic hydroxyl groups excluding tert-OH is 1. The molecule has 1 N–H and O–H groups in total. The van der Waals surface area contributed by atoms with Crippen LogP contribution in [0.25, 0.3) is 10.8 Å². The largest absolute Gasteiger partial charge is 0.391 e. The Morgan fingerprint density at radius 2 is 2.24 bits per heavy atom. The average Bonchev–Trinajstić information content (AvgIpc) is 2.75. The molecule has 0 amide bonds. The van der Waals surface area contributed by atoms with Crippen molar-refractivity contribution in [2.75, 3.05) is 18.0 Å². The van der Waals surface area contributed by atoms with Crippen molar-refractivity contribution in [3.63, 3.8) is 0 Å². The number of β-amino-alcohol motifs (C(OH)–C–C–N with tert-alkyl or cyclic N) is 1. The molecule has 0 radical (unpaired) electrons. The van der Waals surface area contributed by atoms with Gasteiger partial charge in [-0.15, -0.1) is 0 Å². The van der Waals surface area contributed by atoms with Crippen LogP contribution in [0.1, 0.15) is 6.42 Å². The highest BCUT2D eigenvalue weighted by molar-refractivity contribution is 5.92. The van der Waals surface area contributed by atoms with Crippen molar-refractivity contribution in [3.05, 3.63) is 36.3 Å². The fourth-order valence-electron chi connectivity index (χ4n) is 2.34. The highest BCUT2D eigenvalue weighted by Crippen LogP contribution is 2.29. The molecule has 2 aromatic rings. The molecule has 0 bridgehead atoms. The molecule has 4 heteroatoms. The standard InChI is InChI=1S/C13H13FN2O/c14-11-3-1-2-9-4-6-15-13(12(9)11)16-7-5-10(17)8-16/h1-4,6,10,17H,5,7-8H2/t10-/m1/s1. The summed E-state index contributed by atoms with van der Waals surface area (Å²) in [6.07, 6.45) is 2.06. The summed E-state index contributed by atoms with van der Waals surface area (Å²) in [5.41, 5.74) is 0. The van der Waals surface area contributed by atoms with Crippen LogP contribution >= 0.6 is 0 Å². The van der Waals surface area contributed by atoms with E-state index in [1.54, 1.807) is 18.3 Å². The zero-order valence-electron chi connectivity index (χ0n) is 9.31. The molecule has 0 unspecified atom stereocenters. The minimum atomic E-state index is -0.334. The van der Waals surface area contributed by atoms with Gasteiger partial charge >= 0.3 is 0 Å². The average molecular weight is 232 g/mol.